The summed E-state index contributed by atoms with van der Waals surface area (Å²) in [5.41, 5.74) is 8.95. The van der Waals surface area contributed by atoms with Gasteiger partial charge in [-0.3, -0.25) is 9.97 Å². The molecule has 266 valence electrons. The molecule has 0 atom stereocenters. The van der Waals surface area contributed by atoms with Crippen molar-refractivity contribution in [3.8, 4) is 68.3 Å². The zero-order valence-electron chi connectivity index (χ0n) is 29.8. The zero-order valence-corrected chi connectivity index (χ0v) is 29.8. The molecule has 9 aromatic rings. The molecule has 0 amide bonds. The first kappa shape index (κ1) is 33.8. The molecule has 9 heterocycles. The number of nitrogens with one attached hydrogen (secondary N) is 2. The summed E-state index contributed by atoms with van der Waals surface area (Å²) in [7, 11) is 0. The van der Waals surface area contributed by atoms with E-state index in [1.165, 1.54) is 0 Å². The minimum absolute atomic E-state index is 0.632. The summed E-state index contributed by atoms with van der Waals surface area (Å²) in [6, 6.07) is 52.1. The third-order valence-electron chi connectivity index (χ3n) is 8.66. The number of pyridine rings is 9. The summed E-state index contributed by atoms with van der Waals surface area (Å²) in [5.74, 6) is 2.54. The van der Waals surface area contributed by atoms with Crippen LogP contribution in [0, 0.1) is 0 Å². The Morgan fingerprint density at radius 2 is 0.446 bits per heavy atom. The van der Waals surface area contributed by atoms with Crippen molar-refractivity contribution in [3.05, 3.63) is 176 Å². The van der Waals surface area contributed by atoms with Crippen molar-refractivity contribution in [1.82, 2.24) is 44.9 Å². The Morgan fingerprint density at radius 1 is 0.214 bits per heavy atom. The van der Waals surface area contributed by atoms with Gasteiger partial charge in [-0.15, -0.1) is 0 Å². The molecule has 0 radical (unpaired) electrons. The van der Waals surface area contributed by atoms with Crippen molar-refractivity contribution in [2.24, 2.45) is 0 Å². The Bertz CT molecular complexity index is 2590. The molecule has 0 aromatic carbocycles. The largest absolute Gasteiger partial charge is 0.325 e. The molecule has 9 aromatic heterocycles. The molecule has 0 aliphatic heterocycles. The van der Waals surface area contributed by atoms with Crippen molar-refractivity contribution < 1.29 is 0 Å². The van der Waals surface area contributed by atoms with Crippen LogP contribution in [0.5, 0.6) is 0 Å². The van der Waals surface area contributed by atoms with Crippen LogP contribution in [-0.4, -0.2) is 44.9 Å². The van der Waals surface area contributed by atoms with Gasteiger partial charge in [-0.1, -0.05) is 54.6 Å². The molecule has 0 spiro atoms. The number of hydrogen-bond donors (Lipinski definition) is 2. The monoisotopic (exact) mass is 725 g/mol. The first-order chi connectivity index (χ1) is 27.7. The molecule has 0 saturated heterocycles. The lowest BCUT2D eigenvalue weighted by molar-refractivity contribution is 1.19. The average Bonchev–Trinajstić information content (AvgIpc) is 3.27. The van der Waals surface area contributed by atoms with Crippen molar-refractivity contribution in [2.45, 2.75) is 0 Å². The van der Waals surface area contributed by atoms with E-state index in [1.807, 2.05) is 164 Å². The van der Waals surface area contributed by atoms with Gasteiger partial charge in [-0.05, 0) is 109 Å². The maximum atomic E-state index is 4.94. The molecule has 0 aliphatic carbocycles. The zero-order chi connectivity index (χ0) is 37.5. The summed E-state index contributed by atoms with van der Waals surface area (Å²) in [6.45, 7) is 0. The van der Waals surface area contributed by atoms with E-state index in [2.05, 4.69) is 20.6 Å². The van der Waals surface area contributed by atoms with E-state index in [1.54, 1.807) is 12.4 Å². The van der Waals surface area contributed by atoms with Crippen LogP contribution in [0.1, 0.15) is 0 Å². The first-order valence-electron chi connectivity index (χ1n) is 17.9. The van der Waals surface area contributed by atoms with E-state index in [-0.39, 0.29) is 0 Å². The van der Waals surface area contributed by atoms with Crippen LogP contribution in [0.25, 0.3) is 68.3 Å². The van der Waals surface area contributed by atoms with Crippen molar-refractivity contribution in [1.29, 1.82) is 0 Å². The maximum Gasteiger partial charge on any atom is 0.132 e. The molecule has 56 heavy (non-hydrogen) atoms. The molecule has 9 rings (SSSR count). The average molecular weight is 726 g/mol. The van der Waals surface area contributed by atoms with Crippen LogP contribution in [0.3, 0.4) is 0 Å². The van der Waals surface area contributed by atoms with Gasteiger partial charge in [0.1, 0.15) is 23.3 Å². The van der Waals surface area contributed by atoms with Crippen LogP contribution < -0.4 is 10.6 Å². The smallest absolute Gasteiger partial charge is 0.132 e. The lowest BCUT2D eigenvalue weighted by atomic mass is 10.2. The first-order valence-corrected chi connectivity index (χ1v) is 17.9. The minimum Gasteiger partial charge on any atom is -0.325 e. The second-order valence-corrected chi connectivity index (χ2v) is 12.5. The number of nitrogens with zero attached hydrogens (tertiary/aromatic N) is 9. The van der Waals surface area contributed by atoms with Gasteiger partial charge < -0.3 is 10.6 Å². The van der Waals surface area contributed by atoms with E-state index in [0.29, 0.717) is 46.0 Å². The second-order valence-electron chi connectivity index (χ2n) is 12.5. The molecular formula is C45H31N11. The van der Waals surface area contributed by atoms with E-state index >= 15 is 0 Å². The molecule has 0 unspecified atom stereocenters. The normalized spacial score (nSPS) is 10.9. The standard InChI is InChI=1S/C45H31N11/c1-3-28-46-30(12-1)32-14-5-16-34(48-32)38-20-8-24-42(51-38)55-44-26-10-22-40(53-44)36-18-7-19-37(50-36)41-23-11-27-45(54-41)56-43-25-9-21-39(52-43)35-17-6-15-33(49-35)31-13-2-4-29-47-31/h1-29H,(H,51,53,55)(H,52,54,56). The van der Waals surface area contributed by atoms with Gasteiger partial charge >= 0.3 is 0 Å². The van der Waals surface area contributed by atoms with E-state index in [0.717, 1.165) is 45.6 Å². The Labute approximate surface area is 322 Å². The predicted molar refractivity (Wildman–Crippen MR) is 219 cm³/mol. The van der Waals surface area contributed by atoms with E-state index in [9.17, 15) is 0 Å². The third-order valence-corrected chi connectivity index (χ3v) is 8.66. The van der Waals surface area contributed by atoms with Crippen LogP contribution in [0.4, 0.5) is 23.3 Å². The highest BCUT2D eigenvalue weighted by Crippen LogP contribution is 2.27. The maximum absolute atomic E-state index is 4.94. The fourth-order valence-corrected chi connectivity index (χ4v) is 6.04. The topological polar surface area (TPSA) is 140 Å². The lowest BCUT2D eigenvalue weighted by Crippen LogP contribution is -2.00. The highest BCUT2D eigenvalue weighted by molar-refractivity contribution is 5.68. The summed E-state index contributed by atoms with van der Waals surface area (Å²) in [4.78, 5) is 42.8. The molecule has 11 nitrogen and oxygen atoms in total. The Balaban J connectivity index is 0.914. The van der Waals surface area contributed by atoms with Gasteiger partial charge in [0.25, 0.3) is 0 Å². The molecule has 0 fully saturated rings. The third kappa shape index (κ3) is 7.68. The van der Waals surface area contributed by atoms with Crippen molar-refractivity contribution in [3.63, 3.8) is 0 Å². The highest BCUT2D eigenvalue weighted by Gasteiger charge is 2.11. The van der Waals surface area contributed by atoms with Gasteiger partial charge in [0, 0.05) is 12.4 Å². The van der Waals surface area contributed by atoms with Crippen LogP contribution in [0.2, 0.25) is 0 Å². The molecule has 2 N–H and O–H groups in total. The van der Waals surface area contributed by atoms with Gasteiger partial charge in [-0.2, -0.15) is 0 Å². The minimum atomic E-state index is 0.632. The number of rotatable bonds is 10. The number of anilines is 4. The summed E-state index contributed by atoms with van der Waals surface area (Å²) < 4.78 is 0. The molecule has 11 heteroatoms. The summed E-state index contributed by atoms with van der Waals surface area (Å²) >= 11 is 0. The van der Waals surface area contributed by atoms with Gasteiger partial charge in [-0.25, -0.2) is 34.9 Å². The summed E-state index contributed by atoms with van der Waals surface area (Å²) in [5, 5.41) is 6.70. The fourth-order valence-electron chi connectivity index (χ4n) is 6.04. The lowest BCUT2D eigenvalue weighted by Gasteiger charge is -2.10. The van der Waals surface area contributed by atoms with Crippen molar-refractivity contribution in [2.75, 3.05) is 10.6 Å². The summed E-state index contributed by atoms with van der Waals surface area (Å²) in [6.07, 6.45) is 3.52. The SMILES string of the molecule is c1ccc(-c2cccc(-c3cccc(Nc4cccc(-c5cccc(-c6cccc(Nc7cccc(-c8cccc(-c9ccccn9)n8)n7)n6)n5)n4)n3)n2)nc1. The second kappa shape index (κ2) is 15.5. The molecule has 0 bridgehead atoms. The van der Waals surface area contributed by atoms with Crippen LogP contribution in [-0.2, 0) is 0 Å². The van der Waals surface area contributed by atoms with Crippen LogP contribution >= 0.6 is 0 Å². The van der Waals surface area contributed by atoms with E-state index in [4.69, 9.17) is 34.9 Å². The van der Waals surface area contributed by atoms with Crippen LogP contribution in [0.15, 0.2) is 176 Å². The van der Waals surface area contributed by atoms with E-state index < -0.39 is 0 Å². The Kier molecular flexibility index (Phi) is 9.35. The Hall–Kier alpha value is -8.05. The number of aromatic nitrogens is 9. The van der Waals surface area contributed by atoms with Gasteiger partial charge in [0.05, 0.1) is 68.3 Å². The molecular weight excluding hydrogens is 695 g/mol. The quantitative estimate of drug-likeness (QED) is 0.139. The predicted octanol–water partition coefficient (Wildman–Crippen LogP) is 9.73. The highest BCUT2D eigenvalue weighted by atomic mass is 15.1. The molecule has 0 aliphatic rings. The van der Waals surface area contributed by atoms with Gasteiger partial charge in [0.2, 0.25) is 0 Å². The fraction of sp³-hybridized carbons (Fsp3) is 0. The van der Waals surface area contributed by atoms with Crippen molar-refractivity contribution >= 4 is 23.3 Å². The Morgan fingerprint density at radius 3 is 0.714 bits per heavy atom. The number of hydrogen-bond acceptors (Lipinski definition) is 11. The molecule has 0 saturated carbocycles. The van der Waals surface area contributed by atoms with Gasteiger partial charge in [0.15, 0.2) is 0 Å².